The Morgan fingerprint density at radius 1 is 1.19 bits per heavy atom. The van der Waals surface area contributed by atoms with Crippen molar-refractivity contribution >= 4 is 21.5 Å². The van der Waals surface area contributed by atoms with Crippen LogP contribution in [0.15, 0.2) is 59.1 Å². The number of allylic oxidation sites excluding steroid dienone is 2. The number of hydrogen-bond acceptors (Lipinski definition) is 2. The molecule has 1 aliphatic carbocycles. The SMILES string of the molecule is CCN1CC[C@@]2(c3cccc(O)c3)CC(c3cccc(Br)c3)=CC[C@@H]2C1. The molecule has 1 aliphatic heterocycles. The molecule has 2 atom stereocenters. The second-order valence-electron chi connectivity index (χ2n) is 7.70. The van der Waals surface area contributed by atoms with Crippen LogP contribution in [-0.2, 0) is 5.41 Å². The van der Waals surface area contributed by atoms with Crippen molar-refractivity contribution in [2.75, 3.05) is 19.6 Å². The Labute approximate surface area is 164 Å². The molecule has 26 heavy (non-hydrogen) atoms. The normalized spacial score (nSPS) is 26.2. The zero-order chi connectivity index (χ0) is 18.1. The van der Waals surface area contributed by atoms with E-state index in [0.717, 1.165) is 43.4 Å². The number of aromatic hydroxyl groups is 1. The van der Waals surface area contributed by atoms with Gasteiger partial charge in [-0.1, -0.05) is 53.2 Å². The number of rotatable bonds is 3. The fourth-order valence-electron chi connectivity index (χ4n) is 4.86. The summed E-state index contributed by atoms with van der Waals surface area (Å²) in [6.45, 7) is 5.66. The highest BCUT2D eigenvalue weighted by Gasteiger charge is 2.45. The first-order chi connectivity index (χ1) is 12.6. The number of piperidine rings is 1. The highest BCUT2D eigenvalue weighted by atomic mass is 79.9. The van der Waals surface area contributed by atoms with Gasteiger partial charge in [-0.05, 0) is 79.2 Å². The van der Waals surface area contributed by atoms with Gasteiger partial charge in [0.05, 0.1) is 0 Å². The number of likely N-dealkylation sites (tertiary alicyclic amines) is 1. The second kappa shape index (κ2) is 7.21. The third-order valence-electron chi connectivity index (χ3n) is 6.35. The monoisotopic (exact) mass is 411 g/mol. The summed E-state index contributed by atoms with van der Waals surface area (Å²) in [6, 6.07) is 16.6. The Morgan fingerprint density at radius 3 is 2.81 bits per heavy atom. The first-order valence-corrected chi connectivity index (χ1v) is 10.4. The first-order valence-electron chi connectivity index (χ1n) is 9.57. The minimum Gasteiger partial charge on any atom is -0.508 e. The maximum Gasteiger partial charge on any atom is 0.115 e. The van der Waals surface area contributed by atoms with Crippen molar-refractivity contribution in [1.82, 2.24) is 4.90 Å². The topological polar surface area (TPSA) is 23.5 Å². The largest absolute Gasteiger partial charge is 0.508 e. The summed E-state index contributed by atoms with van der Waals surface area (Å²) in [4.78, 5) is 2.57. The van der Waals surface area contributed by atoms with Gasteiger partial charge in [0, 0.05) is 16.4 Å². The van der Waals surface area contributed by atoms with E-state index in [2.05, 4.69) is 64.2 Å². The summed E-state index contributed by atoms with van der Waals surface area (Å²) in [7, 11) is 0. The molecule has 2 nitrogen and oxygen atoms in total. The minimum atomic E-state index is 0.122. The van der Waals surface area contributed by atoms with E-state index >= 15 is 0 Å². The Morgan fingerprint density at radius 2 is 2.04 bits per heavy atom. The third kappa shape index (κ3) is 3.23. The van der Waals surface area contributed by atoms with E-state index in [1.165, 1.54) is 16.7 Å². The molecule has 0 amide bonds. The maximum absolute atomic E-state index is 10.1. The van der Waals surface area contributed by atoms with E-state index in [9.17, 15) is 5.11 Å². The molecule has 136 valence electrons. The quantitative estimate of drug-likeness (QED) is 0.708. The van der Waals surface area contributed by atoms with Gasteiger partial charge in [0.25, 0.3) is 0 Å². The Balaban J connectivity index is 1.76. The van der Waals surface area contributed by atoms with Crippen molar-refractivity contribution < 1.29 is 5.11 Å². The average molecular weight is 412 g/mol. The molecular formula is C23H26BrNO. The molecule has 3 heteroatoms. The Hall–Kier alpha value is -1.58. The van der Waals surface area contributed by atoms with Crippen LogP contribution in [0.4, 0.5) is 0 Å². The predicted octanol–water partition coefficient (Wildman–Crippen LogP) is 5.61. The first kappa shape index (κ1) is 17.8. The highest BCUT2D eigenvalue weighted by molar-refractivity contribution is 9.10. The third-order valence-corrected chi connectivity index (χ3v) is 6.85. The number of fused-ring (bicyclic) bond motifs is 1. The van der Waals surface area contributed by atoms with Gasteiger partial charge < -0.3 is 10.0 Å². The molecule has 2 aromatic rings. The lowest BCUT2D eigenvalue weighted by Crippen LogP contribution is -2.51. The zero-order valence-electron chi connectivity index (χ0n) is 15.3. The molecular weight excluding hydrogens is 386 g/mol. The maximum atomic E-state index is 10.1. The number of phenols is 1. The number of hydrogen-bond donors (Lipinski definition) is 1. The molecule has 2 aliphatic rings. The molecule has 1 heterocycles. The summed E-state index contributed by atoms with van der Waals surface area (Å²) in [5, 5.41) is 10.1. The van der Waals surface area contributed by atoms with Crippen molar-refractivity contribution in [2.24, 2.45) is 5.92 Å². The van der Waals surface area contributed by atoms with Gasteiger partial charge in [-0.2, -0.15) is 0 Å². The average Bonchev–Trinajstić information content (AvgIpc) is 2.67. The summed E-state index contributed by atoms with van der Waals surface area (Å²) < 4.78 is 1.13. The lowest BCUT2D eigenvalue weighted by atomic mass is 9.59. The predicted molar refractivity (Wildman–Crippen MR) is 111 cm³/mol. The number of nitrogens with zero attached hydrogens (tertiary/aromatic N) is 1. The van der Waals surface area contributed by atoms with Crippen LogP contribution in [0.1, 0.15) is 37.3 Å². The standard InChI is InChI=1S/C23H26BrNO/c1-2-25-12-11-23(19-6-4-8-22(26)14-19)15-18(9-10-20(23)16-25)17-5-3-7-21(24)13-17/h3-9,13-14,20,26H,2,10-12,15-16H2,1H3/t20-,23+/m1/s1. The Kier molecular flexibility index (Phi) is 4.94. The van der Waals surface area contributed by atoms with Gasteiger partial charge in [0.1, 0.15) is 5.75 Å². The van der Waals surface area contributed by atoms with Crippen LogP contribution in [-0.4, -0.2) is 29.6 Å². The van der Waals surface area contributed by atoms with Crippen molar-refractivity contribution in [1.29, 1.82) is 0 Å². The van der Waals surface area contributed by atoms with E-state index < -0.39 is 0 Å². The van der Waals surface area contributed by atoms with Crippen LogP contribution in [0, 0.1) is 5.92 Å². The van der Waals surface area contributed by atoms with E-state index in [-0.39, 0.29) is 5.41 Å². The zero-order valence-corrected chi connectivity index (χ0v) is 16.9. The van der Waals surface area contributed by atoms with Gasteiger partial charge in [-0.15, -0.1) is 0 Å². The summed E-state index contributed by atoms with van der Waals surface area (Å²) >= 11 is 3.62. The highest BCUT2D eigenvalue weighted by Crippen LogP contribution is 2.51. The fraction of sp³-hybridized carbons (Fsp3) is 0.391. The fourth-order valence-corrected chi connectivity index (χ4v) is 5.26. The van der Waals surface area contributed by atoms with Gasteiger partial charge in [-0.25, -0.2) is 0 Å². The lowest BCUT2D eigenvalue weighted by molar-refractivity contribution is 0.0934. The minimum absolute atomic E-state index is 0.122. The molecule has 0 aromatic heterocycles. The molecule has 2 aromatic carbocycles. The van der Waals surface area contributed by atoms with Crippen molar-refractivity contribution in [3.63, 3.8) is 0 Å². The van der Waals surface area contributed by atoms with E-state index in [0.29, 0.717) is 11.7 Å². The molecule has 1 saturated heterocycles. The van der Waals surface area contributed by atoms with Gasteiger partial charge in [0.15, 0.2) is 0 Å². The summed E-state index contributed by atoms with van der Waals surface area (Å²) in [6.07, 6.45) is 5.76. The van der Waals surface area contributed by atoms with E-state index in [1.807, 2.05) is 12.1 Å². The summed E-state index contributed by atoms with van der Waals surface area (Å²) in [5.74, 6) is 0.987. The number of phenolic OH excluding ortho intramolecular Hbond substituents is 1. The van der Waals surface area contributed by atoms with Gasteiger partial charge >= 0.3 is 0 Å². The molecule has 0 spiro atoms. The van der Waals surface area contributed by atoms with E-state index in [4.69, 9.17) is 0 Å². The smallest absolute Gasteiger partial charge is 0.115 e. The number of benzene rings is 2. The van der Waals surface area contributed by atoms with Crippen LogP contribution < -0.4 is 0 Å². The van der Waals surface area contributed by atoms with E-state index in [1.54, 1.807) is 6.07 Å². The van der Waals surface area contributed by atoms with Gasteiger partial charge in [-0.3, -0.25) is 0 Å². The van der Waals surface area contributed by atoms with Crippen molar-refractivity contribution in [3.8, 4) is 5.75 Å². The lowest BCUT2D eigenvalue weighted by Gasteiger charge is -2.51. The summed E-state index contributed by atoms with van der Waals surface area (Å²) in [5.41, 5.74) is 4.18. The molecule has 0 radical (unpaired) electrons. The van der Waals surface area contributed by atoms with Crippen LogP contribution in [0.25, 0.3) is 5.57 Å². The molecule has 0 saturated carbocycles. The van der Waals surface area contributed by atoms with Crippen LogP contribution in [0.5, 0.6) is 5.75 Å². The molecule has 0 unspecified atom stereocenters. The van der Waals surface area contributed by atoms with Crippen molar-refractivity contribution in [3.05, 3.63) is 70.2 Å². The molecule has 1 fully saturated rings. The van der Waals surface area contributed by atoms with Crippen molar-refractivity contribution in [2.45, 2.75) is 31.6 Å². The van der Waals surface area contributed by atoms with Crippen LogP contribution in [0.2, 0.25) is 0 Å². The van der Waals surface area contributed by atoms with Crippen LogP contribution >= 0.6 is 15.9 Å². The molecule has 0 bridgehead atoms. The molecule has 4 rings (SSSR count). The second-order valence-corrected chi connectivity index (χ2v) is 8.61. The van der Waals surface area contributed by atoms with Crippen LogP contribution in [0.3, 0.4) is 0 Å². The number of halogens is 1. The van der Waals surface area contributed by atoms with Gasteiger partial charge in [0.2, 0.25) is 0 Å². The molecule has 1 N–H and O–H groups in total. The Bertz CT molecular complexity index is 830.